The van der Waals surface area contributed by atoms with Gasteiger partial charge in [-0.15, -0.1) is 12.4 Å². The summed E-state index contributed by atoms with van der Waals surface area (Å²) < 4.78 is 5.85. The molecule has 1 amide bonds. The van der Waals surface area contributed by atoms with E-state index in [0.717, 1.165) is 76.1 Å². The second-order valence-electron chi connectivity index (χ2n) is 6.17. The standard InChI is InChI=1S/C16H26N4O2.ClH/c1-2-10-22-12-4-3-8-20(9-6-12)16(21)15-13-11-17-7-5-14(13)18-19-15;/h12,17H,2-11H2,1H3,(H,18,19);1H. The normalized spacial score (nSPS) is 21.3. The average molecular weight is 343 g/mol. The molecule has 23 heavy (non-hydrogen) atoms. The highest BCUT2D eigenvalue weighted by atomic mass is 35.5. The number of carbonyl (C=O) groups excluding carboxylic acids is 1. The first-order valence-corrected chi connectivity index (χ1v) is 8.47. The van der Waals surface area contributed by atoms with Gasteiger partial charge in [0.15, 0.2) is 5.69 Å². The molecular formula is C16H27ClN4O2. The Morgan fingerprint density at radius 1 is 1.39 bits per heavy atom. The lowest BCUT2D eigenvalue weighted by Crippen LogP contribution is -2.34. The Morgan fingerprint density at radius 2 is 2.26 bits per heavy atom. The van der Waals surface area contributed by atoms with Gasteiger partial charge in [0.1, 0.15) is 0 Å². The van der Waals surface area contributed by atoms with Crippen LogP contribution in [0.25, 0.3) is 0 Å². The van der Waals surface area contributed by atoms with Crippen molar-refractivity contribution >= 4 is 18.3 Å². The van der Waals surface area contributed by atoms with Crippen molar-refractivity contribution in [3.8, 4) is 0 Å². The third-order valence-electron chi connectivity index (χ3n) is 4.53. The topological polar surface area (TPSA) is 70.2 Å². The van der Waals surface area contributed by atoms with E-state index in [1.165, 1.54) is 0 Å². The first-order chi connectivity index (χ1) is 10.8. The fourth-order valence-electron chi connectivity index (χ4n) is 3.27. The Hall–Kier alpha value is -1.11. The number of likely N-dealkylation sites (tertiary alicyclic amines) is 1. The molecule has 0 radical (unpaired) electrons. The zero-order chi connectivity index (χ0) is 15.4. The van der Waals surface area contributed by atoms with Crippen molar-refractivity contribution in [2.24, 2.45) is 0 Å². The number of halogens is 1. The van der Waals surface area contributed by atoms with Crippen molar-refractivity contribution in [3.63, 3.8) is 0 Å². The van der Waals surface area contributed by atoms with E-state index in [-0.39, 0.29) is 18.3 Å². The molecule has 7 heteroatoms. The molecule has 6 nitrogen and oxygen atoms in total. The van der Waals surface area contributed by atoms with Crippen molar-refractivity contribution < 1.29 is 9.53 Å². The van der Waals surface area contributed by atoms with Gasteiger partial charge in [-0.25, -0.2) is 0 Å². The Morgan fingerprint density at radius 3 is 3.09 bits per heavy atom. The first-order valence-electron chi connectivity index (χ1n) is 8.47. The molecule has 1 saturated heterocycles. The molecule has 2 N–H and O–H groups in total. The number of amides is 1. The van der Waals surface area contributed by atoms with Gasteiger partial charge in [0.05, 0.1) is 6.10 Å². The molecule has 0 aliphatic carbocycles. The van der Waals surface area contributed by atoms with Crippen LogP contribution in [0.3, 0.4) is 0 Å². The minimum atomic E-state index is 0. The van der Waals surface area contributed by atoms with Crippen LogP contribution in [-0.2, 0) is 17.7 Å². The molecular weight excluding hydrogens is 316 g/mol. The van der Waals surface area contributed by atoms with Crippen molar-refractivity contribution in [2.75, 3.05) is 26.2 Å². The molecule has 1 fully saturated rings. The largest absolute Gasteiger partial charge is 0.378 e. The number of rotatable bonds is 4. The number of hydrogen-bond donors (Lipinski definition) is 2. The lowest BCUT2D eigenvalue weighted by Gasteiger charge is -2.21. The third kappa shape index (κ3) is 4.25. The van der Waals surface area contributed by atoms with Crippen LogP contribution in [0.4, 0.5) is 0 Å². The van der Waals surface area contributed by atoms with Crippen LogP contribution in [-0.4, -0.2) is 53.3 Å². The van der Waals surface area contributed by atoms with Gasteiger partial charge in [0.25, 0.3) is 5.91 Å². The minimum absolute atomic E-state index is 0. The molecule has 1 aromatic rings. The summed E-state index contributed by atoms with van der Waals surface area (Å²) in [5.74, 6) is 0.0670. The van der Waals surface area contributed by atoms with Crippen molar-refractivity contribution in [1.29, 1.82) is 0 Å². The molecule has 3 rings (SSSR count). The monoisotopic (exact) mass is 342 g/mol. The second-order valence-corrected chi connectivity index (χ2v) is 6.17. The highest BCUT2D eigenvalue weighted by Gasteiger charge is 2.27. The number of nitrogens with one attached hydrogen (secondary N) is 2. The smallest absolute Gasteiger partial charge is 0.274 e. The summed E-state index contributed by atoms with van der Waals surface area (Å²) in [6, 6.07) is 0. The van der Waals surface area contributed by atoms with Gasteiger partial charge in [-0.3, -0.25) is 9.89 Å². The number of ether oxygens (including phenoxy) is 1. The minimum Gasteiger partial charge on any atom is -0.378 e. The van der Waals surface area contributed by atoms with Gasteiger partial charge < -0.3 is 15.0 Å². The van der Waals surface area contributed by atoms with Crippen LogP contribution in [0.15, 0.2) is 0 Å². The van der Waals surface area contributed by atoms with Crippen molar-refractivity contribution in [1.82, 2.24) is 20.4 Å². The van der Waals surface area contributed by atoms with Gasteiger partial charge in [0.2, 0.25) is 0 Å². The number of aromatic amines is 1. The van der Waals surface area contributed by atoms with E-state index in [0.29, 0.717) is 11.8 Å². The quantitative estimate of drug-likeness (QED) is 0.876. The van der Waals surface area contributed by atoms with Gasteiger partial charge in [-0.2, -0.15) is 5.10 Å². The average Bonchev–Trinajstić information content (AvgIpc) is 2.83. The van der Waals surface area contributed by atoms with Crippen LogP contribution in [0.2, 0.25) is 0 Å². The fraction of sp³-hybridized carbons (Fsp3) is 0.750. The molecule has 1 unspecified atom stereocenters. The lowest BCUT2D eigenvalue weighted by atomic mass is 10.1. The zero-order valence-corrected chi connectivity index (χ0v) is 14.6. The number of aromatic nitrogens is 2. The van der Waals surface area contributed by atoms with Crippen LogP contribution >= 0.6 is 12.4 Å². The van der Waals surface area contributed by atoms with Crippen LogP contribution in [0.1, 0.15) is 54.4 Å². The fourth-order valence-corrected chi connectivity index (χ4v) is 3.27. The van der Waals surface area contributed by atoms with E-state index in [4.69, 9.17) is 4.74 Å². The molecule has 130 valence electrons. The Kier molecular flexibility index (Phi) is 6.87. The van der Waals surface area contributed by atoms with E-state index in [1.807, 2.05) is 4.90 Å². The highest BCUT2D eigenvalue weighted by Crippen LogP contribution is 2.20. The summed E-state index contributed by atoms with van der Waals surface area (Å²) in [6.07, 6.45) is 5.24. The summed E-state index contributed by atoms with van der Waals surface area (Å²) in [5, 5.41) is 10.6. The molecule has 0 bridgehead atoms. The predicted molar refractivity (Wildman–Crippen MR) is 91.0 cm³/mol. The molecule has 1 aromatic heterocycles. The van der Waals surface area contributed by atoms with Gasteiger partial charge in [-0.05, 0) is 25.7 Å². The number of hydrogen-bond acceptors (Lipinski definition) is 4. The highest BCUT2D eigenvalue weighted by molar-refractivity contribution is 5.94. The van der Waals surface area contributed by atoms with Gasteiger partial charge >= 0.3 is 0 Å². The van der Waals surface area contributed by atoms with E-state index in [9.17, 15) is 4.79 Å². The van der Waals surface area contributed by atoms with Crippen molar-refractivity contribution in [3.05, 3.63) is 17.0 Å². The van der Waals surface area contributed by atoms with E-state index >= 15 is 0 Å². The summed E-state index contributed by atoms with van der Waals surface area (Å²) in [6.45, 7) is 6.20. The molecule has 1 atom stereocenters. The summed E-state index contributed by atoms with van der Waals surface area (Å²) in [5.41, 5.74) is 2.77. The summed E-state index contributed by atoms with van der Waals surface area (Å²) in [4.78, 5) is 14.7. The Balaban J connectivity index is 0.00000192. The number of H-pyrrole nitrogens is 1. The Bertz CT molecular complexity index is 520. The maximum Gasteiger partial charge on any atom is 0.274 e. The molecule has 0 spiro atoms. The third-order valence-corrected chi connectivity index (χ3v) is 4.53. The summed E-state index contributed by atoms with van der Waals surface area (Å²) >= 11 is 0. The molecule has 2 aliphatic rings. The molecule has 0 aromatic carbocycles. The first kappa shape index (κ1) is 18.2. The van der Waals surface area contributed by atoms with E-state index < -0.39 is 0 Å². The lowest BCUT2D eigenvalue weighted by molar-refractivity contribution is 0.0432. The zero-order valence-electron chi connectivity index (χ0n) is 13.8. The Labute approximate surface area is 143 Å². The van der Waals surface area contributed by atoms with Crippen LogP contribution in [0, 0.1) is 0 Å². The number of nitrogens with zero attached hydrogens (tertiary/aromatic N) is 2. The predicted octanol–water partition coefficient (Wildman–Crippen LogP) is 1.90. The maximum absolute atomic E-state index is 12.8. The SMILES string of the molecule is CCCOC1CCCN(C(=O)c2n[nH]c3c2CNCC3)CC1.Cl. The van der Waals surface area contributed by atoms with E-state index in [2.05, 4.69) is 22.4 Å². The van der Waals surface area contributed by atoms with Crippen molar-refractivity contribution in [2.45, 2.75) is 51.7 Å². The van der Waals surface area contributed by atoms with Gasteiger partial charge in [0, 0.05) is 50.5 Å². The maximum atomic E-state index is 12.8. The second kappa shape index (κ2) is 8.66. The number of carbonyl (C=O) groups is 1. The molecule has 2 aliphatic heterocycles. The molecule has 3 heterocycles. The van der Waals surface area contributed by atoms with Crippen LogP contribution in [0.5, 0.6) is 0 Å². The molecule has 0 saturated carbocycles. The van der Waals surface area contributed by atoms with Gasteiger partial charge in [-0.1, -0.05) is 6.92 Å². The summed E-state index contributed by atoms with van der Waals surface area (Å²) in [7, 11) is 0. The van der Waals surface area contributed by atoms with E-state index in [1.54, 1.807) is 0 Å². The van der Waals surface area contributed by atoms with Crippen LogP contribution < -0.4 is 5.32 Å². The number of fused-ring (bicyclic) bond motifs is 1.